The van der Waals surface area contributed by atoms with Gasteiger partial charge in [-0.25, -0.2) is 15.0 Å². The summed E-state index contributed by atoms with van der Waals surface area (Å²) in [5.41, 5.74) is 9.83. The molecular weight excluding hydrogens is 623 g/mol. The molecule has 0 fully saturated rings. The topological polar surface area (TPSA) is 51.8 Å². The first-order valence-corrected chi connectivity index (χ1v) is 17.6. The Labute approximate surface area is 296 Å². The second-order valence-electron chi connectivity index (χ2n) is 14.9. The molecule has 0 atom stereocenters. The maximum Gasteiger partial charge on any atom is 0.164 e. The summed E-state index contributed by atoms with van der Waals surface area (Å²) in [6.45, 7) is 9.54. The van der Waals surface area contributed by atoms with Crippen LogP contribution in [-0.4, -0.2) is 15.0 Å². The number of aromatic nitrogens is 3. The Hall–Kier alpha value is -6.13. The zero-order valence-corrected chi connectivity index (χ0v) is 29.0. The monoisotopic (exact) mass is 657 g/mol. The second kappa shape index (κ2) is 10.7. The Morgan fingerprint density at radius 1 is 0.412 bits per heavy atom. The fraction of sp³-hybridized carbons (Fsp3) is 0.128. The molecule has 0 aliphatic heterocycles. The molecule has 10 rings (SSSR count). The molecule has 0 saturated carbocycles. The van der Waals surface area contributed by atoms with Gasteiger partial charge in [0.25, 0.3) is 0 Å². The van der Waals surface area contributed by atoms with E-state index in [9.17, 15) is 0 Å². The summed E-state index contributed by atoms with van der Waals surface area (Å²) in [5.74, 6) is 1.87. The van der Waals surface area contributed by atoms with Gasteiger partial charge in [0.2, 0.25) is 0 Å². The third kappa shape index (κ3) is 4.36. The smallest absolute Gasteiger partial charge is 0.164 e. The number of furan rings is 1. The van der Waals surface area contributed by atoms with Crippen molar-refractivity contribution in [3.8, 4) is 45.3 Å². The number of rotatable bonds is 3. The largest absolute Gasteiger partial charge is 0.456 e. The summed E-state index contributed by atoms with van der Waals surface area (Å²) in [5, 5.41) is 7.04. The summed E-state index contributed by atoms with van der Waals surface area (Å²) in [7, 11) is 0. The van der Waals surface area contributed by atoms with Gasteiger partial charge in [-0.15, -0.1) is 0 Å². The second-order valence-corrected chi connectivity index (χ2v) is 14.9. The van der Waals surface area contributed by atoms with E-state index in [2.05, 4.69) is 113 Å². The Balaban J connectivity index is 1.18. The van der Waals surface area contributed by atoms with E-state index in [4.69, 9.17) is 19.4 Å². The lowest BCUT2D eigenvalue weighted by atomic mass is 9.55. The molecular formula is C47H35N3O. The summed E-state index contributed by atoms with van der Waals surface area (Å²) < 4.78 is 6.25. The number of fused-ring (bicyclic) bond motifs is 10. The van der Waals surface area contributed by atoms with Crippen LogP contribution in [0.1, 0.15) is 38.8 Å². The molecule has 2 aromatic heterocycles. The Bertz CT molecular complexity index is 2860. The number of hydrogen-bond donors (Lipinski definition) is 0. The van der Waals surface area contributed by atoms with Crippen LogP contribution in [-0.2, 0) is 10.8 Å². The first-order chi connectivity index (χ1) is 24.8. The van der Waals surface area contributed by atoms with Crippen molar-refractivity contribution in [1.29, 1.82) is 0 Å². The van der Waals surface area contributed by atoms with Crippen molar-refractivity contribution in [3.05, 3.63) is 151 Å². The van der Waals surface area contributed by atoms with Gasteiger partial charge in [0.05, 0.1) is 0 Å². The van der Waals surface area contributed by atoms with Crippen LogP contribution in [0.15, 0.2) is 144 Å². The van der Waals surface area contributed by atoms with Crippen molar-refractivity contribution in [2.45, 2.75) is 38.5 Å². The van der Waals surface area contributed by atoms with Gasteiger partial charge < -0.3 is 4.42 Å². The summed E-state index contributed by atoms with van der Waals surface area (Å²) in [6.07, 6.45) is 0. The molecule has 0 spiro atoms. The van der Waals surface area contributed by atoms with Gasteiger partial charge in [-0.2, -0.15) is 0 Å². The maximum atomic E-state index is 6.25. The van der Waals surface area contributed by atoms with Gasteiger partial charge in [-0.05, 0) is 78.9 Å². The van der Waals surface area contributed by atoms with E-state index in [1.165, 1.54) is 43.8 Å². The molecule has 9 aromatic rings. The van der Waals surface area contributed by atoms with Crippen LogP contribution in [0, 0.1) is 0 Å². The Morgan fingerprint density at radius 3 is 1.82 bits per heavy atom. The Morgan fingerprint density at radius 2 is 1.00 bits per heavy atom. The summed E-state index contributed by atoms with van der Waals surface area (Å²) >= 11 is 0. The van der Waals surface area contributed by atoms with Crippen LogP contribution < -0.4 is 0 Å². The molecule has 4 nitrogen and oxygen atoms in total. The lowest BCUT2D eigenvalue weighted by molar-refractivity contribution is 0.299. The average Bonchev–Trinajstić information content (AvgIpc) is 3.55. The van der Waals surface area contributed by atoms with Crippen LogP contribution in [0.4, 0.5) is 0 Å². The fourth-order valence-electron chi connectivity index (χ4n) is 8.22. The van der Waals surface area contributed by atoms with Crippen molar-refractivity contribution in [3.63, 3.8) is 0 Å². The predicted molar refractivity (Wildman–Crippen MR) is 210 cm³/mol. The molecule has 4 heteroatoms. The first-order valence-electron chi connectivity index (χ1n) is 17.6. The quantitative estimate of drug-likeness (QED) is 0.177. The molecule has 0 bridgehead atoms. The van der Waals surface area contributed by atoms with Crippen LogP contribution in [0.25, 0.3) is 88.8 Å². The van der Waals surface area contributed by atoms with Gasteiger partial charge >= 0.3 is 0 Å². The molecule has 0 unspecified atom stereocenters. The van der Waals surface area contributed by atoms with E-state index < -0.39 is 0 Å². The van der Waals surface area contributed by atoms with E-state index in [0.717, 1.165) is 38.6 Å². The van der Waals surface area contributed by atoms with E-state index in [1.54, 1.807) is 0 Å². The van der Waals surface area contributed by atoms with Crippen molar-refractivity contribution >= 4 is 43.5 Å². The van der Waals surface area contributed by atoms with Gasteiger partial charge in [0.15, 0.2) is 17.5 Å². The number of para-hydroxylation sites is 1. The van der Waals surface area contributed by atoms with Crippen molar-refractivity contribution in [2.75, 3.05) is 0 Å². The van der Waals surface area contributed by atoms with Crippen LogP contribution in [0.2, 0.25) is 0 Å². The number of benzene rings is 7. The van der Waals surface area contributed by atoms with Crippen LogP contribution in [0.5, 0.6) is 0 Å². The average molecular weight is 658 g/mol. The molecule has 7 aromatic carbocycles. The minimum Gasteiger partial charge on any atom is -0.456 e. The summed E-state index contributed by atoms with van der Waals surface area (Å²) in [6, 6.07) is 49.3. The maximum absolute atomic E-state index is 6.25. The first kappa shape index (κ1) is 29.8. The molecule has 51 heavy (non-hydrogen) atoms. The lowest BCUT2D eigenvalue weighted by Gasteiger charge is -2.48. The number of hydrogen-bond acceptors (Lipinski definition) is 4. The zero-order valence-electron chi connectivity index (χ0n) is 29.0. The van der Waals surface area contributed by atoms with E-state index in [-0.39, 0.29) is 10.8 Å². The fourth-order valence-corrected chi connectivity index (χ4v) is 8.22. The minimum absolute atomic E-state index is 0.0178. The SMILES string of the molecule is CC1(C)c2ccccc2-c2c(ccc3c2ccc2ccc(-c4nc(-c5ccccc5)nc(-c5ccc6c(c5)oc5ccccc56)n4)cc23)C1(C)C. The molecule has 1 aliphatic rings. The van der Waals surface area contributed by atoms with Crippen LogP contribution >= 0.6 is 0 Å². The Kier molecular flexibility index (Phi) is 6.23. The highest BCUT2D eigenvalue weighted by Gasteiger charge is 2.46. The zero-order chi connectivity index (χ0) is 34.5. The van der Waals surface area contributed by atoms with Crippen LogP contribution in [0.3, 0.4) is 0 Å². The molecule has 0 saturated heterocycles. The predicted octanol–water partition coefficient (Wildman–Crippen LogP) is 12.3. The van der Waals surface area contributed by atoms with Crippen molar-refractivity contribution in [2.24, 2.45) is 0 Å². The van der Waals surface area contributed by atoms with Gasteiger partial charge in [0, 0.05) is 27.5 Å². The standard InChI is InChI=1S/C47H35N3O/c1-46(2)38-16-10-8-15-36(38)42-35-23-20-28-18-19-30(26-37(28)32(35)24-25-39(42)47(46,3)4)44-48-43(29-12-6-5-7-13-29)49-45(50-44)31-21-22-34-33-14-9-11-17-40(33)51-41(34)27-31/h5-27H,1-4H3. The van der Waals surface area contributed by atoms with E-state index >= 15 is 0 Å². The van der Waals surface area contributed by atoms with E-state index in [1.807, 2.05) is 54.6 Å². The van der Waals surface area contributed by atoms with Gasteiger partial charge in [-0.1, -0.05) is 143 Å². The number of nitrogens with zero attached hydrogens (tertiary/aromatic N) is 3. The molecule has 2 heterocycles. The molecule has 0 radical (unpaired) electrons. The normalized spacial score (nSPS) is 14.6. The summed E-state index contributed by atoms with van der Waals surface area (Å²) in [4.78, 5) is 15.2. The highest BCUT2D eigenvalue weighted by atomic mass is 16.3. The highest BCUT2D eigenvalue weighted by molar-refractivity contribution is 6.14. The molecule has 244 valence electrons. The van der Waals surface area contributed by atoms with Gasteiger partial charge in [-0.3, -0.25) is 0 Å². The third-order valence-electron chi connectivity index (χ3n) is 11.7. The lowest BCUT2D eigenvalue weighted by Crippen LogP contribution is -2.43. The highest BCUT2D eigenvalue weighted by Crippen LogP contribution is 2.55. The van der Waals surface area contributed by atoms with Crippen molar-refractivity contribution in [1.82, 2.24) is 15.0 Å². The van der Waals surface area contributed by atoms with E-state index in [0.29, 0.717) is 17.5 Å². The molecule has 0 amide bonds. The molecule has 0 N–H and O–H groups in total. The third-order valence-corrected chi connectivity index (χ3v) is 11.7. The van der Waals surface area contributed by atoms with Crippen molar-refractivity contribution < 1.29 is 4.42 Å². The van der Waals surface area contributed by atoms with Gasteiger partial charge in [0.1, 0.15) is 11.2 Å². The molecule has 1 aliphatic carbocycles. The minimum atomic E-state index is -0.0534.